The molecule has 2 aromatic heterocycles. The fourth-order valence-electron chi connectivity index (χ4n) is 4.35. The maximum absolute atomic E-state index is 13.0. The van der Waals surface area contributed by atoms with E-state index in [1.165, 1.54) is 23.3 Å². The molecule has 0 amide bonds. The van der Waals surface area contributed by atoms with E-state index in [-0.39, 0.29) is 5.56 Å². The maximum atomic E-state index is 13.0. The molecule has 0 aliphatic carbocycles. The summed E-state index contributed by atoms with van der Waals surface area (Å²) in [5.74, 6) is 1.45. The number of aryl methyl sites for hydroxylation is 5. The van der Waals surface area contributed by atoms with Crippen molar-refractivity contribution in [3.8, 4) is 0 Å². The number of anilines is 3. The molecule has 0 spiro atoms. The smallest absolute Gasteiger partial charge is 0.369 e. The van der Waals surface area contributed by atoms with Gasteiger partial charge in [-0.2, -0.15) is 18.3 Å². The van der Waals surface area contributed by atoms with Gasteiger partial charge in [-0.05, 0) is 85.2 Å². The highest BCUT2D eigenvalue weighted by Gasteiger charge is 2.30. The molecule has 200 valence electrons. The standard InChI is InChI=1S/C29H32F3N5O/c1-4-19-15-26(33-17-20(19)5-2)35-27-16-25(36-37-27)12-10-21-14-24(11-9-18(21)3)34-28(38)22-7-6-8-23(13-22)29(30,31)32/h6-9,11,13-17,28,34,38H,4-5,10,12H2,1-3H3,(H2,33,35,36,37). The highest BCUT2D eigenvalue weighted by Crippen LogP contribution is 2.31. The third kappa shape index (κ3) is 6.72. The van der Waals surface area contributed by atoms with Crippen LogP contribution in [-0.4, -0.2) is 20.3 Å². The number of alkyl halides is 3. The van der Waals surface area contributed by atoms with Gasteiger partial charge in [0.2, 0.25) is 0 Å². The van der Waals surface area contributed by atoms with Crippen molar-refractivity contribution in [2.45, 2.75) is 58.9 Å². The van der Waals surface area contributed by atoms with E-state index >= 15 is 0 Å². The molecule has 4 N–H and O–H groups in total. The number of aromatic nitrogens is 3. The minimum atomic E-state index is -4.47. The average molecular weight is 524 g/mol. The highest BCUT2D eigenvalue weighted by atomic mass is 19.4. The number of hydrogen-bond donors (Lipinski definition) is 4. The number of aromatic amines is 1. The maximum Gasteiger partial charge on any atom is 0.416 e. The van der Waals surface area contributed by atoms with Gasteiger partial charge in [-0.1, -0.05) is 32.0 Å². The van der Waals surface area contributed by atoms with Crippen molar-refractivity contribution in [3.63, 3.8) is 0 Å². The lowest BCUT2D eigenvalue weighted by Gasteiger charge is -2.17. The zero-order chi connectivity index (χ0) is 27.3. The van der Waals surface area contributed by atoms with E-state index in [1.807, 2.05) is 31.3 Å². The molecule has 2 heterocycles. The molecule has 0 saturated heterocycles. The molecule has 1 unspecified atom stereocenters. The summed E-state index contributed by atoms with van der Waals surface area (Å²) in [5, 5.41) is 24.1. The second-order valence-electron chi connectivity index (χ2n) is 9.26. The minimum absolute atomic E-state index is 0.143. The summed E-state index contributed by atoms with van der Waals surface area (Å²) in [7, 11) is 0. The topological polar surface area (TPSA) is 85.9 Å². The first-order valence-corrected chi connectivity index (χ1v) is 12.7. The van der Waals surface area contributed by atoms with E-state index in [1.54, 1.807) is 6.07 Å². The molecule has 1 atom stereocenters. The number of aliphatic hydroxyl groups is 1. The Morgan fingerprint density at radius 2 is 1.71 bits per heavy atom. The van der Waals surface area contributed by atoms with E-state index in [9.17, 15) is 18.3 Å². The van der Waals surface area contributed by atoms with Gasteiger partial charge < -0.3 is 15.7 Å². The van der Waals surface area contributed by atoms with Gasteiger partial charge in [0.1, 0.15) is 5.82 Å². The van der Waals surface area contributed by atoms with Crippen LogP contribution in [0.5, 0.6) is 0 Å². The van der Waals surface area contributed by atoms with E-state index in [4.69, 9.17) is 0 Å². The summed E-state index contributed by atoms with van der Waals surface area (Å²) < 4.78 is 39.1. The van der Waals surface area contributed by atoms with Crippen LogP contribution in [0, 0.1) is 6.92 Å². The van der Waals surface area contributed by atoms with Crippen LogP contribution in [0.15, 0.2) is 60.8 Å². The first-order chi connectivity index (χ1) is 18.2. The molecule has 4 rings (SSSR count). The SMILES string of the molecule is CCc1cnc(Nc2cc(CCc3cc(NC(O)c4cccc(C(F)(F)F)c4)ccc3C)[nH]n2)cc1CC. The molecule has 0 aliphatic heterocycles. The van der Waals surface area contributed by atoms with Crippen molar-refractivity contribution in [3.05, 3.63) is 99.9 Å². The number of benzene rings is 2. The summed E-state index contributed by atoms with van der Waals surface area (Å²) in [6, 6.07) is 14.3. The van der Waals surface area contributed by atoms with Gasteiger partial charge in [0.05, 0.1) is 5.56 Å². The Morgan fingerprint density at radius 3 is 2.45 bits per heavy atom. The van der Waals surface area contributed by atoms with Crippen molar-refractivity contribution in [1.82, 2.24) is 15.2 Å². The van der Waals surface area contributed by atoms with Gasteiger partial charge in [-0.25, -0.2) is 4.98 Å². The number of nitrogens with zero attached hydrogens (tertiary/aromatic N) is 2. The lowest BCUT2D eigenvalue weighted by atomic mass is 10.0. The molecule has 0 fully saturated rings. The van der Waals surface area contributed by atoms with Crippen LogP contribution in [0.4, 0.5) is 30.5 Å². The Labute approximate surface area is 220 Å². The molecule has 2 aromatic carbocycles. The average Bonchev–Trinajstić information content (AvgIpc) is 3.35. The Kier molecular flexibility index (Phi) is 8.36. The van der Waals surface area contributed by atoms with Crippen molar-refractivity contribution >= 4 is 17.3 Å². The summed E-state index contributed by atoms with van der Waals surface area (Å²) in [6.07, 6.45) is -0.530. The quantitative estimate of drug-likeness (QED) is 0.170. The number of hydrogen-bond acceptors (Lipinski definition) is 5. The van der Waals surface area contributed by atoms with Crippen LogP contribution in [0.2, 0.25) is 0 Å². The van der Waals surface area contributed by atoms with Crippen LogP contribution in [0.3, 0.4) is 0 Å². The monoisotopic (exact) mass is 523 g/mol. The third-order valence-corrected chi connectivity index (χ3v) is 6.58. The van der Waals surface area contributed by atoms with Gasteiger partial charge in [0.15, 0.2) is 12.0 Å². The molecule has 0 saturated carbocycles. The molecular formula is C29H32F3N5O. The molecule has 0 aliphatic rings. The number of halogens is 3. The molecule has 38 heavy (non-hydrogen) atoms. The predicted octanol–water partition coefficient (Wildman–Crippen LogP) is 6.89. The van der Waals surface area contributed by atoms with Crippen molar-refractivity contribution in [2.75, 3.05) is 10.6 Å². The summed E-state index contributed by atoms with van der Waals surface area (Å²) >= 11 is 0. The number of pyridine rings is 1. The molecular weight excluding hydrogens is 491 g/mol. The summed E-state index contributed by atoms with van der Waals surface area (Å²) in [4.78, 5) is 4.49. The summed E-state index contributed by atoms with van der Waals surface area (Å²) in [5.41, 5.74) is 5.57. The van der Waals surface area contributed by atoms with Crippen LogP contribution in [-0.2, 0) is 31.9 Å². The van der Waals surface area contributed by atoms with E-state index < -0.39 is 18.0 Å². The van der Waals surface area contributed by atoms with Crippen LogP contribution in [0.25, 0.3) is 0 Å². The minimum Gasteiger partial charge on any atom is -0.369 e. The van der Waals surface area contributed by atoms with Crippen LogP contribution in [0.1, 0.15) is 59.2 Å². The fraction of sp³-hybridized carbons (Fsp3) is 0.310. The molecule has 0 radical (unpaired) electrons. The zero-order valence-corrected chi connectivity index (χ0v) is 21.7. The van der Waals surface area contributed by atoms with Crippen molar-refractivity contribution in [2.24, 2.45) is 0 Å². The van der Waals surface area contributed by atoms with E-state index in [0.717, 1.165) is 47.6 Å². The highest BCUT2D eigenvalue weighted by molar-refractivity contribution is 5.54. The van der Waals surface area contributed by atoms with Crippen LogP contribution < -0.4 is 10.6 Å². The number of rotatable bonds is 10. The predicted molar refractivity (Wildman–Crippen MR) is 143 cm³/mol. The van der Waals surface area contributed by atoms with E-state index in [0.29, 0.717) is 24.3 Å². The first-order valence-electron chi connectivity index (χ1n) is 12.7. The summed E-state index contributed by atoms with van der Waals surface area (Å²) in [6.45, 7) is 6.25. The zero-order valence-electron chi connectivity index (χ0n) is 21.7. The normalized spacial score (nSPS) is 12.4. The second kappa shape index (κ2) is 11.7. The van der Waals surface area contributed by atoms with E-state index in [2.05, 4.69) is 45.7 Å². The molecule has 9 heteroatoms. The second-order valence-corrected chi connectivity index (χ2v) is 9.26. The molecule has 6 nitrogen and oxygen atoms in total. The Bertz CT molecular complexity index is 1380. The van der Waals surface area contributed by atoms with Gasteiger partial charge in [-0.15, -0.1) is 0 Å². The Morgan fingerprint density at radius 1 is 0.921 bits per heavy atom. The van der Waals surface area contributed by atoms with Gasteiger partial charge >= 0.3 is 6.18 Å². The number of H-pyrrole nitrogens is 1. The lowest BCUT2D eigenvalue weighted by Crippen LogP contribution is -2.12. The van der Waals surface area contributed by atoms with Gasteiger partial charge in [0, 0.05) is 29.2 Å². The first kappa shape index (κ1) is 27.2. The van der Waals surface area contributed by atoms with Crippen molar-refractivity contribution in [1.29, 1.82) is 0 Å². The number of aliphatic hydroxyl groups excluding tert-OH is 1. The lowest BCUT2D eigenvalue weighted by molar-refractivity contribution is -0.137. The van der Waals surface area contributed by atoms with Crippen LogP contribution >= 0.6 is 0 Å². The Hall–Kier alpha value is -3.85. The molecule has 0 bridgehead atoms. The molecule has 4 aromatic rings. The largest absolute Gasteiger partial charge is 0.416 e. The Balaban J connectivity index is 1.39. The van der Waals surface area contributed by atoms with Crippen molar-refractivity contribution < 1.29 is 18.3 Å². The number of nitrogens with one attached hydrogen (secondary N) is 3. The van der Waals surface area contributed by atoms with Gasteiger partial charge in [0.25, 0.3) is 0 Å². The third-order valence-electron chi connectivity index (χ3n) is 6.58. The van der Waals surface area contributed by atoms with Gasteiger partial charge in [-0.3, -0.25) is 5.10 Å². The fourth-order valence-corrected chi connectivity index (χ4v) is 4.35.